The summed E-state index contributed by atoms with van der Waals surface area (Å²) in [5, 5.41) is 41.5. The van der Waals surface area contributed by atoms with Crippen LogP contribution >= 0.6 is 39.1 Å². The molecule has 28 nitrogen and oxygen atoms in total. The van der Waals surface area contributed by atoms with E-state index in [4.69, 9.17) is 33.6 Å². The van der Waals surface area contributed by atoms with Gasteiger partial charge in [-0.1, -0.05) is 0 Å². The predicted molar refractivity (Wildman–Crippen MR) is 143 cm³/mol. The van der Waals surface area contributed by atoms with Crippen molar-refractivity contribution in [3.63, 3.8) is 0 Å². The number of phosphoric ester groups is 5. The fourth-order valence-corrected chi connectivity index (χ4v) is 7.48. The molecule has 49 heavy (non-hydrogen) atoms. The second kappa shape index (κ2) is 18.1. The molecule has 0 aliphatic carbocycles. The van der Waals surface area contributed by atoms with E-state index in [1.165, 1.54) is 0 Å². The van der Waals surface area contributed by atoms with Crippen LogP contribution in [0.1, 0.15) is 0 Å². The number of aldehydes is 2. The van der Waals surface area contributed by atoms with Gasteiger partial charge in [-0.2, -0.15) is 0 Å². The second-order valence-electron chi connectivity index (χ2n) is 9.29. The highest BCUT2D eigenvalue weighted by Gasteiger charge is 2.54. The molecule has 0 aromatic carbocycles. The Bertz CT molecular complexity index is 1350. The largest absolute Gasteiger partial charge is 0.473 e. The summed E-state index contributed by atoms with van der Waals surface area (Å²) in [5.74, 6) is 0. The first-order valence-electron chi connectivity index (χ1n) is 12.6. The first kappa shape index (κ1) is 44.8. The van der Waals surface area contributed by atoms with Crippen molar-refractivity contribution < 1.29 is 133 Å². The zero-order valence-electron chi connectivity index (χ0n) is 23.9. The molecule has 13 atom stereocenters. The highest BCUT2D eigenvalue weighted by atomic mass is 31.2. The van der Waals surface area contributed by atoms with Crippen molar-refractivity contribution in [2.24, 2.45) is 0 Å². The lowest BCUT2D eigenvalue weighted by Gasteiger charge is -2.43. The molecule has 2 aliphatic heterocycles. The van der Waals surface area contributed by atoms with Gasteiger partial charge in [0, 0.05) is 0 Å². The van der Waals surface area contributed by atoms with E-state index >= 15 is 0 Å². The van der Waals surface area contributed by atoms with Gasteiger partial charge in [0.15, 0.2) is 12.6 Å². The SMILES string of the molecule is O=CCOP(=O)(O)OC[C@H]1O[C@@H](O)[C@H](OP(=O)(O)O)[C@H](O)[C@@H]1OP(=O)(O)OC[C@H]1O[C@@H](O)[C@H](OP(=O)(O)O)[C@H](O)[C@@H]1OP(=O)(O)OCC=O. The first-order valence-corrected chi connectivity index (χ1v) is 20.2. The number of ether oxygens (including phenoxy) is 2. The Kier molecular flexibility index (Phi) is 16.6. The van der Waals surface area contributed by atoms with Gasteiger partial charge >= 0.3 is 39.1 Å². The zero-order chi connectivity index (χ0) is 37.6. The Morgan fingerprint density at radius 1 is 0.490 bits per heavy atom. The molecule has 3 unspecified atom stereocenters. The van der Waals surface area contributed by atoms with Crippen LogP contribution in [0.4, 0.5) is 0 Å². The monoisotopic (exact) mass is 826 g/mol. The quantitative estimate of drug-likeness (QED) is 0.0408. The van der Waals surface area contributed by atoms with Crippen LogP contribution in [0.2, 0.25) is 0 Å². The molecule has 288 valence electrons. The standard InChI is InChI=1S/C16H31O28P5/c17-1-3-35-47(29,30)37-5-7-12(10(20)14(15(21)39-7)42-46(26,27)28)44-49(33,34)38-6-8-11(43-48(31,32)36-4-2-18)9(19)13(16(22)40-8)41-45(23,24)25/h1-2,7-16,19-22H,3-6H2,(H,29,30)(H,31,32)(H,33,34)(H2,23,24,25)(H2,26,27,28)/t7-,8-,9-,10-,11-,12-,13-,14-,15-,16-/m1/s1. The number of aliphatic hydroxyl groups is 4. The summed E-state index contributed by atoms with van der Waals surface area (Å²) in [7, 11) is -27.3. The number of rotatable bonds is 20. The molecule has 0 radical (unpaired) electrons. The van der Waals surface area contributed by atoms with Crippen molar-refractivity contribution >= 4 is 51.7 Å². The van der Waals surface area contributed by atoms with Crippen LogP contribution in [0, 0.1) is 0 Å². The summed E-state index contributed by atoms with van der Waals surface area (Å²) in [4.78, 5) is 87.2. The molecule has 0 saturated carbocycles. The van der Waals surface area contributed by atoms with Gasteiger partial charge in [-0.3, -0.25) is 36.2 Å². The molecule has 33 heteroatoms. The minimum Gasteiger partial charge on any atom is -0.387 e. The van der Waals surface area contributed by atoms with Crippen LogP contribution < -0.4 is 0 Å². The molecule has 0 spiro atoms. The van der Waals surface area contributed by atoms with E-state index in [-0.39, 0.29) is 12.6 Å². The lowest BCUT2D eigenvalue weighted by atomic mass is 9.99. The van der Waals surface area contributed by atoms with Crippen molar-refractivity contribution in [1.29, 1.82) is 0 Å². The highest BCUT2D eigenvalue weighted by Crippen LogP contribution is 2.52. The topological polar surface area (TPSA) is 434 Å². The molecule has 2 saturated heterocycles. The van der Waals surface area contributed by atoms with Gasteiger partial charge in [-0.25, -0.2) is 22.8 Å². The number of carbonyl (C=O) groups excluding carboxylic acids is 2. The molecular weight excluding hydrogens is 795 g/mol. The number of hydrogen-bond donors (Lipinski definition) is 11. The Morgan fingerprint density at radius 2 is 0.816 bits per heavy atom. The van der Waals surface area contributed by atoms with E-state index in [0.29, 0.717) is 0 Å². The van der Waals surface area contributed by atoms with Crippen molar-refractivity contribution in [3.8, 4) is 0 Å². The third kappa shape index (κ3) is 14.9. The molecule has 0 amide bonds. The minimum atomic E-state index is -5.76. The number of phosphoric acid groups is 5. The number of hydrogen-bond acceptors (Lipinski definition) is 21. The van der Waals surface area contributed by atoms with E-state index < -0.39 is 127 Å². The molecule has 0 bridgehead atoms. The van der Waals surface area contributed by atoms with Crippen molar-refractivity contribution in [2.75, 3.05) is 26.4 Å². The maximum absolute atomic E-state index is 12.9. The third-order valence-corrected chi connectivity index (χ3v) is 9.67. The maximum atomic E-state index is 12.9. The molecule has 2 aliphatic rings. The zero-order valence-corrected chi connectivity index (χ0v) is 28.3. The van der Waals surface area contributed by atoms with Gasteiger partial charge in [-0.05, 0) is 0 Å². The maximum Gasteiger partial charge on any atom is 0.473 e. The van der Waals surface area contributed by atoms with E-state index in [1.54, 1.807) is 0 Å². The average Bonchev–Trinajstić information content (AvgIpc) is 2.95. The van der Waals surface area contributed by atoms with E-state index in [1.807, 2.05) is 0 Å². The van der Waals surface area contributed by atoms with Crippen LogP contribution in [0.3, 0.4) is 0 Å². The summed E-state index contributed by atoms with van der Waals surface area (Å²) < 4.78 is 105. The van der Waals surface area contributed by atoms with E-state index in [0.717, 1.165) is 0 Å². The molecule has 0 aromatic rings. The molecule has 11 N–H and O–H groups in total. The second-order valence-corrected chi connectivity index (χ2v) is 15.9. The molecule has 2 heterocycles. The van der Waals surface area contributed by atoms with Gasteiger partial charge in [0.1, 0.15) is 74.6 Å². The fraction of sp³-hybridized carbons (Fsp3) is 0.875. The lowest BCUT2D eigenvalue weighted by Crippen LogP contribution is -2.60. The lowest BCUT2D eigenvalue weighted by molar-refractivity contribution is -0.283. The van der Waals surface area contributed by atoms with Gasteiger partial charge in [-0.15, -0.1) is 0 Å². The normalized spacial score (nSPS) is 35.1. The summed E-state index contributed by atoms with van der Waals surface area (Å²) in [5.41, 5.74) is 0. The van der Waals surface area contributed by atoms with E-state index in [9.17, 15) is 67.5 Å². The number of aliphatic hydroxyl groups excluding tert-OH is 4. The van der Waals surface area contributed by atoms with Crippen LogP contribution in [0.25, 0.3) is 0 Å². The van der Waals surface area contributed by atoms with Crippen molar-refractivity contribution in [1.82, 2.24) is 0 Å². The van der Waals surface area contributed by atoms with Crippen LogP contribution in [0.5, 0.6) is 0 Å². The van der Waals surface area contributed by atoms with Crippen molar-refractivity contribution in [3.05, 3.63) is 0 Å². The Labute approximate surface area is 272 Å². The summed E-state index contributed by atoms with van der Waals surface area (Å²) in [6.45, 7) is -4.79. The molecular formula is C16H31O28P5. The average molecular weight is 826 g/mol. The summed E-state index contributed by atoms with van der Waals surface area (Å²) >= 11 is 0. The number of carbonyl (C=O) groups is 2. The summed E-state index contributed by atoms with van der Waals surface area (Å²) in [6.07, 6.45) is -24.2. The molecule has 0 aromatic heterocycles. The van der Waals surface area contributed by atoms with Gasteiger partial charge in [0.05, 0.1) is 13.2 Å². The highest BCUT2D eigenvalue weighted by molar-refractivity contribution is 7.48. The van der Waals surface area contributed by atoms with Crippen LogP contribution in [-0.2, 0) is 78.1 Å². The smallest absolute Gasteiger partial charge is 0.387 e. The predicted octanol–water partition coefficient (Wildman–Crippen LogP) is -4.37. The summed E-state index contributed by atoms with van der Waals surface area (Å²) in [6, 6.07) is 0. The Hall–Kier alpha value is -0.350. The van der Waals surface area contributed by atoms with Gasteiger partial charge in [0.2, 0.25) is 0 Å². The Balaban J connectivity index is 2.34. The fourth-order valence-electron chi connectivity index (χ4n) is 3.88. The van der Waals surface area contributed by atoms with Gasteiger partial charge < -0.3 is 73.7 Å². The van der Waals surface area contributed by atoms with Crippen LogP contribution in [0.15, 0.2) is 0 Å². The molecule has 2 rings (SSSR count). The van der Waals surface area contributed by atoms with Gasteiger partial charge in [0.25, 0.3) is 0 Å². The first-order chi connectivity index (χ1) is 22.3. The van der Waals surface area contributed by atoms with E-state index in [2.05, 4.69) is 31.7 Å². The Morgan fingerprint density at radius 3 is 1.16 bits per heavy atom. The van der Waals surface area contributed by atoms with Crippen LogP contribution in [-0.4, -0.2) is 155 Å². The minimum absolute atomic E-state index is 0.0167. The third-order valence-electron chi connectivity index (χ3n) is 5.71. The molecule has 2 fully saturated rings. The van der Waals surface area contributed by atoms with Crippen molar-refractivity contribution in [2.45, 2.75) is 61.4 Å².